The third-order valence-electron chi connectivity index (χ3n) is 6.37. The number of carbonyl (C=O) groups is 1. The van der Waals surface area contributed by atoms with Gasteiger partial charge in [0.25, 0.3) is 5.91 Å². The molecule has 32 heavy (non-hydrogen) atoms. The second kappa shape index (κ2) is 9.40. The van der Waals surface area contributed by atoms with Crippen molar-refractivity contribution in [2.24, 2.45) is 0 Å². The van der Waals surface area contributed by atoms with E-state index in [0.717, 1.165) is 38.5 Å². The second-order valence-corrected chi connectivity index (χ2v) is 8.35. The molecule has 0 saturated carbocycles. The number of amides is 1. The maximum atomic E-state index is 13.0. The van der Waals surface area contributed by atoms with Crippen LogP contribution >= 0.6 is 0 Å². The first-order valence-electron chi connectivity index (χ1n) is 10.9. The van der Waals surface area contributed by atoms with Crippen LogP contribution in [-0.4, -0.2) is 68.1 Å². The maximum absolute atomic E-state index is 13.0. The predicted molar refractivity (Wildman–Crippen MR) is 117 cm³/mol. The minimum absolute atomic E-state index is 0.0104. The third kappa shape index (κ3) is 5.01. The Kier molecular flexibility index (Phi) is 6.60. The van der Waals surface area contributed by atoms with Crippen LogP contribution in [0.3, 0.4) is 0 Å². The fraction of sp³-hybridized carbons (Fsp3) is 0.458. The smallest absolute Gasteiger partial charge is 0.416 e. The van der Waals surface area contributed by atoms with Gasteiger partial charge >= 0.3 is 6.18 Å². The van der Waals surface area contributed by atoms with Crippen molar-refractivity contribution in [3.63, 3.8) is 0 Å². The van der Waals surface area contributed by atoms with E-state index >= 15 is 0 Å². The number of benzene rings is 2. The first kappa shape index (κ1) is 22.5. The van der Waals surface area contributed by atoms with E-state index in [-0.39, 0.29) is 11.9 Å². The lowest BCUT2D eigenvalue weighted by Crippen LogP contribution is -2.55. The van der Waals surface area contributed by atoms with Crippen molar-refractivity contribution in [2.45, 2.75) is 25.1 Å². The molecule has 0 aromatic heterocycles. The Morgan fingerprint density at radius 2 is 1.75 bits per heavy atom. The van der Waals surface area contributed by atoms with Crippen molar-refractivity contribution in [2.75, 3.05) is 51.3 Å². The first-order valence-corrected chi connectivity index (χ1v) is 10.9. The summed E-state index contributed by atoms with van der Waals surface area (Å²) >= 11 is 0. The molecule has 2 aromatic carbocycles. The number of halogens is 3. The van der Waals surface area contributed by atoms with E-state index in [1.165, 1.54) is 12.1 Å². The largest absolute Gasteiger partial charge is 0.497 e. The van der Waals surface area contributed by atoms with E-state index in [4.69, 9.17) is 4.74 Å². The van der Waals surface area contributed by atoms with Crippen LogP contribution in [0.1, 0.15) is 28.8 Å². The van der Waals surface area contributed by atoms with Gasteiger partial charge in [0, 0.05) is 56.6 Å². The van der Waals surface area contributed by atoms with Gasteiger partial charge in [0.2, 0.25) is 0 Å². The number of anilines is 1. The number of likely N-dealkylation sites (tertiary alicyclic amines) is 1. The lowest BCUT2D eigenvalue weighted by Gasteiger charge is -2.44. The molecule has 0 spiro atoms. The molecule has 2 saturated heterocycles. The minimum Gasteiger partial charge on any atom is -0.497 e. The molecule has 1 atom stereocenters. The number of piperidine rings is 1. The number of piperazine rings is 1. The van der Waals surface area contributed by atoms with Crippen LogP contribution in [0, 0.1) is 0 Å². The number of alkyl halides is 3. The number of hydrogen-bond donors (Lipinski definition) is 0. The van der Waals surface area contributed by atoms with Gasteiger partial charge in [-0.25, -0.2) is 0 Å². The Bertz CT molecular complexity index is 942. The van der Waals surface area contributed by atoms with Crippen LogP contribution in [0.25, 0.3) is 0 Å². The topological polar surface area (TPSA) is 36.0 Å². The quantitative estimate of drug-likeness (QED) is 0.706. The van der Waals surface area contributed by atoms with Crippen molar-refractivity contribution in [3.8, 4) is 5.75 Å². The Morgan fingerprint density at radius 3 is 2.47 bits per heavy atom. The van der Waals surface area contributed by atoms with Gasteiger partial charge in [-0.15, -0.1) is 0 Å². The van der Waals surface area contributed by atoms with Crippen molar-refractivity contribution >= 4 is 11.6 Å². The fourth-order valence-corrected chi connectivity index (χ4v) is 4.60. The molecule has 8 heteroatoms. The predicted octanol–water partition coefficient (Wildman–Crippen LogP) is 4.14. The van der Waals surface area contributed by atoms with E-state index in [9.17, 15) is 18.0 Å². The molecule has 2 aliphatic rings. The lowest BCUT2D eigenvalue weighted by molar-refractivity contribution is -0.137. The standard InChI is InChI=1S/C24H28F3N3O2/c1-32-22-9-2-5-18(15-22)23(31)30-10-4-8-21(17-30)29-13-11-28(12-14-29)20-7-3-6-19(16-20)24(25,26)27/h2-3,5-7,9,15-16,21H,4,8,10-14,17H2,1H3/t21-/m0/s1. The molecular formula is C24H28F3N3O2. The van der Waals surface area contributed by atoms with Gasteiger partial charge in [-0.3, -0.25) is 9.69 Å². The van der Waals surface area contributed by atoms with Gasteiger partial charge in [0.15, 0.2) is 0 Å². The van der Waals surface area contributed by atoms with Crippen LogP contribution in [0.4, 0.5) is 18.9 Å². The molecule has 2 fully saturated rings. The molecule has 2 heterocycles. The summed E-state index contributed by atoms with van der Waals surface area (Å²) in [5.41, 5.74) is 0.619. The highest BCUT2D eigenvalue weighted by molar-refractivity contribution is 5.94. The molecular weight excluding hydrogens is 419 g/mol. The van der Waals surface area contributed by atoms with E-state index in [1.807, 2.05) is 28.0 Å². The zero-order chi connectivity index (χ0) is 22.7. The van der Waals surface area contributed by atoms with Gasteiger partial charge in [-0.1, -0.05) is 12.1 Å². The number of ether oxygens (including phenoxy) is 1. The Labute approximate surface area is 186 Å². The second-order valence-electron chi connectivity index (χ2n) is 8.35. The van der Waals surface area contributed by atoms with E-state index < -0.39 is 11.7 Å². The molecule has 5 nitrogen and oxygen atoms in total. The molecule has 0 radical (unpaired) electrons. The summed E-state index contributed by atoms with van der Waals surface area (Å²) in [4.78, 5) is 19.3. The zero-order valence-electron chi connectivity index (χ0n) is 18.1. The van der Waals surface area contributed by atoms with E-state index in [0.29, 0.717) is 36.6 Å². The Morgan fingerprint density at radius 1 is 1.00 bits per heavy atom. The third-order valence-corrected chi connectivity index (χ3v) is 6.37. The molecule has 172 valence electrons. The summed E-state index contributed by atoms with van der Waals surface area (Å²) in [6, 6.07) is 13.0. The molecule has 2 aromatic rings. The van der Waals surface area contributed by atoms with E-state index in [1.54, 1.807) is 19.2 Å². The van der Waals surface area contributed by atoms with Crippen molar-refractivity contribution in [3.05, 3.63) is 59.7 Å². The number of rotatable bonds is 4. The molecule has 0 N–H and O–H groups in total. The highest BCUT2D eigenvalue weighted by Gasteiger charge is 2.33. The lowest BCUT2D eigenvalue weighted by atomic mass is 10.0. The highest BCUT2D eigenvalue weighted by atomic mass is 19.4. The first-order chi connectivity index (χ1) is 15.3. The zero-order valence-corrected chi connectivity index (χ0v) is 18.1. The molecule has 4 rings (SSSR count). The summed E-state index contributed by atoms with van der Waals surface area (Å²) in [7, 11) is 1.58. The van der Waals surface area contributed by atoms with Crippen LogP contribution in [0.15, 0.2) is 48.5 Å². The monoisotopic (exact) mass is 447 g/mol. The Hall–Kier alpha value is -2.74. The fourth-order valence-electron chi connectivity index (χ4n) is 4.60. The highest BCUT2D eigenvalue weighted by Crippen LogP contribution is 2.32. The van der Waals surface area contributed by atoms with Crippen LogP contribution in [0.2, 0.25) is 0 Å². The summed E-state index contributed by atoms with van der Waals surface area (Å²) in [5.74, 6) is 0.673. The summed E-state index contributed by atoms with van der Waals surface area (Å²) < 4.78 is 44.4. The number of carbonyl (C=O) groups excluding carboxylic acids is 1. The Balaban J connectivity index is 1.36. The van der Waals surface area contributed by atoms with Crippen molar-refractivity contribution in [1.82, 2.24) is 9.80 Å². The summed E-state index contributed by atoms with van der Waals surface area (Å²) in [6.45, 7) is 4.27. The van der Waals surface area contributed by atoms with Crippen LogP contribution in [-0.2, 0) is 6.18 Å². The van der Waals surface area contributed by atoms with Gasteiger partial charge in [0.05, 0.1) is 12.7 Å². The average Bonchev–Trinajstić information content (AvgIpc) is 2.83. The van der Waals surface area contributed by atoms with Crippen molar-refractivity contribution in [1.29, 1.82) is 0 Å². The molecule has 2 aliphatic heterocycles. The van der Waals surface area contributed by atoms with Gasteiger partial charge in [-0.2, -0.15) is 13.2 Å². The van der Waals surface area contributed by atoms with Crippen molar-refractivity contribution < 1.29 is 22.7 Å². The van der Waals surface area contributed by atoms with Gasteiger partial charge in [0.1, 0.15) is 5.75 Å². The van der Waals surface area contributed by atoms with Crippen LogP contribution < -0.4 is 9.64 Å². The van der Waals surface area contributed by atoms with Gasteiger partial charge in [-0.05, 0) is 49.2 Å². The number of methoxy groups -OCH3 is 1. The average molecular weight is 448 g/mol. The number of nitrogens with zero attached hydrogens (tertiary/aromatic N) is 3. The van der Waals surface area contributed by atoms with Gasteiger partial charge < -0.3 is 14.5 Å². The van der Waals surface area contributed by atoms with Crippen LogP contribution in [0.5, 0.6) is 5.75 Å². The van der Waals surface area contributed by atoms with E-state index in [2.05, 4.69) is 4.90 Å². The SMILES string of the molecule is COc1cccc(C(=O)N2CCC[C@H](N3CCN(c4cccc(C(F)(F)F)c4)CC3)C2)c1. The number of hydrogen-bond acceptors (Lipinski definition) is 4. The summed E-state index contributed by atoms with van der Waals surface area (Å²) in [5, 5.41) is 0. The molecule has 0 aliphatic carbocycles. The minimum atomic E-state index is -4.33. The molecule has 0 bridgehead atoms. The maximum Gasteiger partial charge on any atom is 0.416 e. The molecule has 0 unspecified atom stereocenters. The summed E-state index contributed by atoms with van der Waals surface area (Å²) in [6.07, 6.45) is -2.38. The molecule has 1 amide bonds. The normalized spacial score (nSPS) is 20.3.